The number of thioether (sulfide) groups is 1. The van der Waals surface area contributed by atoms with Crippen molar-refractivity contribution in [3.8, 4) is 0 Å². The van der Waals surface area contributed by atoms with Gasteiger partial charge in [0.15, 0.2) is 5.16 Å². The number of benzene rings is 1. The average molecular weight is 483 g/mol. The maximum atomic E-state index is 12.7. The van der Waals surface area contributed by atoms with E-state index in [-0.39, 0.29) is 24.1 Å². The number of likely N-dealkylation sites (N-methyl/N-ethyl adjacent to an activating group) is 1. The first-order chi connectivity index (χ1) is 16.5. The first-order valence-electron chi connectivity index (χ1n) is 11.4. The molecule has 1 aliphatic rings. The predicted molar refractivity (Wildman–Crippen MR) is 132 cm³/mol. The Hall–Kier alpha value is -3.27. The van der Waals surface area contributed by atoms with Gasteiger partial charge in [0.25, 0.3) is 0 Å². The second-order valence-electron chi connectivity index (χ2n) is 8.45. The lowest BCUT2D eigenvalue weighted by Crippen LogP contribution is -2.36. The molecule has 0 bridgehead atoms. The molecule has 180 valence electrons. The molecule has 0 atom stereocenters. The van der Waals surface area contributed by atoms with Crippen LogP contribution in [0.3, 0.4) is 0 Å². The minimum absolute atomic E-state index is 0.0224. The topological polar surface area (TPSA) is 96.5 Å². The molecule has 1 aliphatic heterocycles. The van der Waals surface area contributed by atoms with Crippen molar-refractivity contribution in [2.45, 2.75) is 37.9 Å². The van der Waals surface area contributed by atoms with Gasteiger partial charge in [0.2, 0.25) is 17.8 Å². The molecule has 0 saturated carbocycles. The number of carbonyl (C=O) groups excluding carboxylic acids is 2. The molecule has 3 aromatic rings. The van der Waals surface area contributed by atoms with Gasteiger partial charge in [-0.15, -0.1) is 10.2 Å². The largest absolute Gasteiger partial charge is 0.467 e. The lowest BCUT2D eigenvalue weighted by molar-refractivity contribution is -0.131. The average Bonchev–Trinajstić information content (AvgIpc) is 3.50. The van der Waals surface area contributed by atoms with Crippen LogP contribution in [0.5, 0.6) is 0 Å². The first-order valence-corrected chi connectivity index (χ1v) is 12.4. The number of piperidine rings is 1. The number of carbonyl (C=O) groups is 2. The summed E-state index contributed by atoms with van der Waals surface area (Å²) in [6.07, 6.45) is 5.13. The number of hydrogen-bond acceptors (Lipinski definition) is 7. The van der Waals surface area contributed by atoms with E-state index in [0.29, 0.717) is 17.4 Å². The number of furan rings is 1. The Labute approximate surface area is 203 Å². The molecule has 34 heavy (non-hydrogen) atoms. The monoisotopic (exact) mass is 482 g/mol. The molecule has 0 unspecified atom stereocenters. The molecule has 4 rings (SSSR count). The van der Waals surface area contributed by atoms with E-state index in [0.717, 1.165) is 43.2 Å². The Balaban J connectivity index is 1.36. The van der Waals surface area contributed by atoms with Crippen molar-refractivity contribution in [3.05, 3.63) is 54.0 Å². The van der Waals surface area contributed by atoms with Gasteiger partial charge in [-0.05, 0) is 50.5 Å². The number of hydrogen-bond donors (Lipinski definition) is 1. The van der Waals surface area contributed by atoms with Crippen LogP contribution in [0.1, 0.15) is 30.6 Å². The fourth-order valence-electron chi connectivity index (χ4n) is 3.79. The van der Waals surface area contributed by atoms with Gasteiger partial charge in [-0.3, -0.25) is 14.2 Å². The molecule has 2 amide bonds. The van der Waals surface area contributed by atoms with Crippen molar-refractivity contribution >= 4 is 35.2 Å². The molecular formula is C24H30N6O3S. The van der Waals surface area contributed by atoms with Crippen molar-refractivity contribution in [2.75, 3.05) is 42.7 Å². The molecule has 0 spiro atoms. The van der Waals surface area contributed by atoms with Crippen LogP contribution < -0.4 is 10.2 Å². The predicted octanol–water partition coefficient (Wildman–Crippen LogP) is 3.41. The first kappa shape index (κ1) is 23.9. The molecule has 3 heterocycles. The summed E-state index contributed by atoms with van der Waals surface area (Å²) in [5, 5.41) is 12.3. The van der Waals surface area contributed by atoms with E-state index in [4.69, 9.17) is 4.42 Å². The van der Waals surface area contributed by atoms with Gasteiger partial charge in [-0.1, -0.05) is 29.5 Å². The van der Waals surface area contributed by atoms with Gasteiger partial charge in [0.1, 0.15) is 5.76 Å². The number of aryl methyl sites for hydroxylation is 1. The molecule has 0 radical (unpaired) electrons. The summed E-state index contributed by atoms with van der Waals surface area (Å²) < 4.78 is 7.55. The highest BCUT2D eigenvalue weighted by Crippen LogP contribution is 2.26. The zero-order valence-corrected chi connectivity index (χ0v) is 20.4. The van der Waals surface area contributed by atoms with Gasteiger partial charge in [0, 0.05) is 25.8 Å². The van der Waals surface area contributed by atoms with E-state index in [9.17, 15) is 9.59 Å². The highest BCUT2D eigenvalue weighted by atomic mass is 32.2. The highest BCUT2D eigenvalue weighted by molar-refractivity contribution is 7.99. The van der Waals surface area contributed by atoms with Crippen molar-refractivity contribution in [1.82, 2.24) is 19.7 Å². The lowest BCUT2D eigenvalue weighted by Gasteiger charge is -2.27. The molecule has 1 N–H and O–H groups in total. The third kappa shape index (κ3) is 6.19. The summed E-state index contributed by atoms with van der Waals surface area (Å²) in [5.41, 5.74) is 1.83. The van der Waals surface area contributed by atoms with Crippen LogP contribution in [0.15, 0.2) is 52.2 Å². The minimum atomic E-state index is -0.238. The summed E-state index contributed by atoms with van der Waals surface area (Å²) in [4.78, 5) is 28.7. The Morgan fingerprint density at radius 1 is 1.12 bits per heavy atom. The fourth-order valence-corrected chi connectivity index (χ4v) is 4.66. The van der Waals surface area contributed by atoms with E-state index >= 15 is 0 Å². The Bertz CT molecular complexity index is 1090. The van der Waals surface area contributed by atoms with Crippen LogP contribution in [0, 0.1) is 6.92 Å². The molecular weight excluding hydrogens is 452 g/mol. The van der Waals surface area contributed by atoms with Gasteiger partial charge in [-0.25, -0.2) is 0 Å². The Morgan fingerprint density at radius 2 is 1.88 bits per heavy atom. The zero-order valence-electron chi connectivity index (χ0n) is 19.6. The van der Waals surface area contributed by atoms with E-state index in [1.165, 1.54) is 23.1 Å². The van der Waals surface area contributed by atoms with Crippen molar-refractivity contribution < 1.29 is 14.0 Å². The van der Waals surface area contributed by atoms with E-state index in [2.05, 4.69) is 20.4 Å². The lowest BCUT2D eigenvalue weighted by atomic mass is 10.1. The Morgan fingerprint density at radius 3 is 2.59 bits per heavy atom. The van der Waals surface area contributed by atoms with Gasteiger partial charge < -0.3 is 19.5 Å². The normalized spacial score (nSPS) is 13.6. The smallest absolute Gasteiger partial charge is 0.243 e. The molecule has 1 aromatic carbocycles. The quantitative estimate of drug-likeness (QED) is 0.467. The zero-order chi connectivity index (χ0) is 23.9. The van der Waals surface area contributed by atoms with Crippen LogP contribution in [-0.4, -0.2) is 63.9 Å². The van der Waals surface area contributed by atoms with Crippen molar-refractivity contribution in [1.29, 1.82) is 0 Å². The SMILES string of the molecule is Cc1ccc(NC(=O)CN(C)C(=O)CSc2nnc(N3CCCCC3)n2Cc2ccco2)cc1. The number of amides is 2. The van der Waals surface area contributed by atoms with Crippen LogP contribution in [-0.2, 0) is 16.1 Å². The van der Waals surface area contributed by atoms with Gasteiger partial charge in [-0.2, -0.15) is 0 Å². The third-order valence-electron chi connectivity index (χ3n) is 5.70. The molecule has 2 aromatic heterocycles. The highest BCUT2D eigenvalue weighted by Gasteiger charge is 2.22. The van der Waals surface area contributed by atoms with E-state index < -0.39 is 0 Å². The van der Waals surface area contributed by atoms with Crippen molar-refractivity contribution in [2.24, 2.45) is 0 Å². The van der Waals surface area contributed by atoms with Crippen LogP contribution in [0.2, 0.25) is 0 Å². The summed E-state index contributed by atoms with van der Waals surface area (Å²) in [6, 6.07) is 11.3. The molecule has 10 heteroatoms. The summed E-state index contributed by atoms with van der Waals surface area (Å²) >= 11 is 1.32. The second-order valence-corrected chi connectivity index (χ2v) is 9.39. The number of nitrogens with one attached hydrogen (secondary N) is 1. The van der Waals surface area contributed by atoms with Crippen LogP contribution >= 0.6 is 11.8 Å². The van der Waals surface area contributed by atoms with Crippen LogP contribution in [0.25, 0.3) is 0 Å². The summed E-state index contributed by atoms with van der Waals surface area (Å²) in [5.74, 6) is 1.37. The molecule has 9 nitrogen and oxygen atoms in total. The fraction of sp³-hybridized carbons (Fsp3) is 0.417. The number of aromatic nitrogens is 3. The summed E-state index contributed by atoms with van der Waals surface area (Å²) in [6.45, 7) is 4.35. The molecule has 1 fully saturated rings. The number of rotatable bonds is 9. The van der Waals surface area contributed by atoms with Crippen LogP contribution in [0.4, 0.5) is 11.6 Å². The number of nitrogens with zero attached hydrogens (tertiary/aromatic N) is 5. The van der Waals surface area contributed by atoms with Gasteiger partial charge >= 0.3 is 0 Å². The maximum absolute atomic E-state index is 12.7. The minimum Gasteiger partial charge on any atom is -0.467 e. The summed E-state index contributed by atoms with van der Waals surface area (Å²) in [7, 11) is 1.63. The second kappa shape index (κ2) is 11.2. The van der Waals surface area contributed by atoms with E-state index in [1.54, 1.807) is 13.3 Å². The number of anilines is 2. The molecule has 1 saturated heterocycles. The molecule has 0 aliphatic carbocycles. The third-order valence-corrected chi connectivity index (χ3v) is 6.65. The van der Waals surface area contributed by atoms with Crippen molar-refractivity contribution in [3.63, 3.8) is 0 Å². The Kier molecular flexibility index (Phi) is 7.89. The van der Waals surface area contributed by atoms with Gasteiger partial charge in [0.05, 0.1) is 25.1 Å². The van der Waals surface area contributed by atoms with E-state index in [1.807, 2.05) is 47.9 Å². The maximum Gasteiger partial charge on any atom is 0.243 e. The standard InChI is InChI=1S/C24H30N6O3S/c1-18-8-10-19(11-9-18)25-21(31)16-28(2)22(32)17-34-24-27-26-23(29-12-4-3-5-13-29)30(24)15-20-7-6-14-33-20/h6-11,14H,3-5,12-13,15-17H2,1-2H3,(H,25,31).